The molecule has 0 N–H and O–H groups in total. The molecule has 0 saturated carbocycles. The summed E-state index contributed by atoms with van der Waals surface area (Å²) in [5, 5.41) is 2.67. The molecule has 1 heteroatoms. The molecule has 0 aliphatic carbocycles. The van der Waals surface area contributed by atoms with E-state index in [9.17, 15) is 0 Å². The maximum absolute atomic E-state index is 2.48. The molecule has 0 amide bonds. The third-order valence-corrected chi connectivity index (χ3v) is 6.83. The van der Waals surface area contributed by atoms with Gasteiger partial charge < -0.3 is 4.57 Å². The predicted molar refractivity (Wildman–Crippen MR) is 139 cm³/mol. The van der Waals surface area contributed by atoms with E-state index in [-0.39, 0.29) is 5.41 Å². The number of para-hydroxylation sites is 2. The van der Waals surface area contributed by atoms with Crippen molar-refractivity contribution in [2.24, 2.45) is 0 Å². The summed E-state index contributed by atoms with van der Waals surface area (Å²) >= 11 is 0. The molecule has 5 aromatic rings. The first-order valence-corrected chi connectivity index (χ1v) is 11.7. The first-order chi connectivity index (χ1) is 15.4. The molecular formula is C31H31N. The molecule has 160 valence electrons. The summed E-state index contributed by atoms with van der Waals surface area (Å²) in [6.07, 6.45) is 0. The molecule has 1 aromatic heterocycles. The zero-order valence-electron chi connectivity index (χ0n) is 20.0. The van der Waals surface area contributed by atoms with Gasteiger partial charge in [-0.05, 0) is 54.3 Å². The van der Waals surface area contributed by atoms with Crippen molar-refractivity contribution in [3.63, 3.8) is 0 Å². The maximum Gasteiger partial charge on any atom is 0.0582 e. The minimum atomic E-state index is -0.0169. The van der Waals surface area contributed by atoms with E-state index in [1.165, 1.54) is 60.9 Å². The highest BCUT2D eigenvalue weighted by atomic mass is 15.0. The summed E-state index contributed by atoms with van der Waals surface area (Å²) in [6, 6.07) is 29.5. The smallest absolute Gasteiger partial charge is 0.0582 e. The van der Waals surface area contributed by atoms with Gasteiger partial charge in [-0.3, -0.25) is 0 Å². The second kappa shape index (κ2) is 7.38. The molecule has 0 radical (unpaired) electrons. The maximum atomic E-state index is 2.48. The van der Waals surface area contributed by atoms with Crippen LogP contribution in [0.4, 0.5) is 0 Å². The summed E-state index contributed by atoms with van der Waals surface area (Å²) < 4.78 is 2.48. The number of fused-ring (bicyclic) bond motifs is 5. The van der Waals surface area contributed by atoms with Crippen LogP contribution in [0.1, 0.15) is 49.9 Å². The quantitative estimate of drug-likeness (QED) is 0.257. The van der Waals surface area contributed by atoms with Gasteiger partial charge in [-0.15, -0.1) is 0 Å². The Morgan fingerprint density at radius 1 is 0.625 bits per heavy atom. The van der Waals surface area contributed by atoms with Gasteiger partial charge in [0.05, 0.1) is 16.7 Å². The molecule has 0 fully saturated rings. The van der Waals surface area contributed by atoms with Crippen LogP contribution in [0.3, 0.4) is 0 Å². The van der Waals surface area contributed by atoms with Crippen molar-refractivity contribution < 1.29 is 0 Å². The highest BCUT2D eigenvalue weighted by Crippen LogP contribution is 2.47. The van der Waals surface area contributed by atoms with Crippen molar-refractivity contribution in [2.75, 3.05) is 0 Å². The Balaban J connectivity index is 0.00000105. The number of benzene rings is 4. The lowest BCUT2D eigenvalue weighted by Crippen LogP contribution is -2.26. The van der Waals surface area contributed by atoms with Gasteiger partial charge in [0.2, 0.25) is 0 Å². The van der Waals surface area contributed by atoms with Crippen LogP contribution in [0.25, 0.3) is 38.6 Å². The number of rotatable bonds is 1. The van der Waals surface area contributed by atoms with Crippen LogP contribution in [0.15, 0.2) is 78.9 Å². The Morgan fingerprint density at radius 3 is 2.06 bits per heavy atom. The SMILES string of the molecule is CC.Cc1cc(C)cc(-c2ccc3c(c2)c2cccc4c2n3-c2ccccc2C4(C)C)c1. The van der Waals surface area contributed by atoms with Crippen LogP contribution in [0.5, 0.6) is 0 Å². The van der Waals surface area contributed by atoms with Crippen LogP contribution >= 0.6 is 0 Å². The van der Waals surface area contributed by atoms with Gasteiger partial charge >= 0.3 is 0 Å². The molecule has 4 aromatic carbocycles. The van der Waals surface area contributed by atoms with Gasteiger partial charge in [0.1, 0.15) is 0 Å². The lowest BCUT2D eigenvalue weighted by Gasteiger charge is -2.34. The molecule has 2 heterocycles. The van der Waals surface area contributed by atoms with Crippen LogP contribution in [-0.2, 0) is 5.41 Å². The van der Waals surface area contributed by atoms with Crippen molar-refractivity contribution in [1.29, 1.82) is 0 Å². The Kier molecular flexibility index (Phi) is 4.74. The summed E-state index contributed by atoms with van der Waals surface area (Å²) in [6.45, 7) is 13.1. The Bertz CT molecular complexity index is 1460. The van der Waals surface area contributed by atoms with Gasteiger partial charge in [-0.1, -0.05) is 99.5 Å². The largest absolute Gasteiger partial charge is 0.309 e. The topological polar surface area (TPSA) is 4.93 Å². The number of hydrogen-bond acceptors (Lipinski definition) is 0. The molecule has 0 saturated heterocycles. The fourth-order valence-electron chi connectivity index (χ4n) is 5.49. The molecule has 0 unspecified atom stereocenters. The Morgan fingerprint density at radius 2 is 1.31 bits per heavy atom. The molecular weight excluding hydrogens is 386 g/mol. The van der Waals surface area contributed by atoms with E-state index in [0.717, 1.165) is 0 Å². The van der Waals surface area contributed by atoms with Crippen molar-refractivity contribution >= 4 is 21.8 Å². The van der Waals surface area contributed by atoms with E-state index in [4.69, 9.17) is 0 Å². The summed E-state index contributed by atoms with van der Waals surface area (Å²) in [7, 11) is 0. The van der Waals surface area contributed by atoms with Gasteiger partial charge in [-0.25, -0.2) is 0 Å². The zero-order chi connectivity index (χ0) is 22.6. The lowest BCUT2D eigenvalue weighted by atomic mass is 9.75. The molecule has 1 aliphatic heterocycles. The van der Waals surface area contributed by atoms with Crippen LogP contribution in [-0.4, -0.2) is 4.57 Å². The third kappa shape index (κ3) is 2.84. The summed E-state index contributed by atoms with van der Waals surface area (Å²) in [4.78, 5) is 0. The summed E-state index contributed by atoms with van der Waals surface area (Å²) in [5.41, 5.74) is 11.9. The minimum Gasteiger partial charge on any atom is -0.309 e. The average molecular weight is 418 g/mol. The van der Waals surface area contributed by atoms with Crippen molar-refractivity contribution in [1.82, 2.24) is 4.57 Å². The van der Waals surface area contributed by atoms with Crippen molar-refractivity contribution in [3.05, 3.63) is 101 Å². The highest BCUT2D eigenvalue weighted by molar-refractivity contribution is 6.12. The van der Waals surface area contributed by atoms with E-state index in [1.54, 1.807) is 0 Å². The van der Waals surface area contributed by atoms with Crippen LogP contribution < -0.4 is 0 Å². The molecule has 0 atom stereocenters. The Labute approximate surface area is 191 Å². The highest BCUT2D eigenvalue weighted by Gasteiger charge is 2.34. The first-order valence-electron chi connectivity index (χ1n) is 11.7. The fraction of sp³-hybridized carbons (Fsp3) is 0.226. The van der Waals surface area contributed by atoms with E-state index in [2.05, 4.69) is 111 Å². The molecule has 32 heavy (non-hydrogen) atoms. The van der Waals surface area contributed by atoms with Gasteiger partial charge in [0.25, 0.3) is 0 Å². The van der Waals surface area contributed by atoms with Gasteiger partial charge in [0.15, 0.2) is 0 Å². The van der Waals surface area contributed by atoms with E-state index >= 15 is 0 Å². The number of aromatic nitrogens is 1. The first kappa shape index (κ1) is 20.6. The van der Waals surface area contributed by atoms with Gasteiger partial charge in [0, 0.05) is 16.2 Å². The predicted octanol–water partition coefficient (Wildman–Crippen LogP) is 8.73. The fourth-order valence-corrected chi connectivity index (χ4v) is 5.49. The molecule has 1 aliphatic rings. The van der Waals surface area contributed by atoms with E-state index in [1.807, 2.05) is 13.8 Å². The third-order valence-electron chi connectivity index (χ3n) is 6.83. The summed E-state index contributed by atoms with van der Waals surface area (Å²) in [5.74, 6) is 0. The Hall–Kier alpha value is -3.32. The van der Waals surface area contributed by atoms with Gasteiger partial charge in [-0.2, -0.15) is 0 Å². The molecule has 0 spiro atoms. The molecule has 6 rings (SSSR count). The average Bonchev–Trinajstić information content (AvgIpc) is 3.13. The monoisotopic (exact) mass is 417 g/mol. The lowest BCUT2D eigenvalue weighted by molar-refractivity contribution is 0.630. The second-order valence-electron chi connectivity index (χ2n) is 9.29. The van der Waals surface area contributed by atoms with E-state index < -0.39 is 0 Å². The minimum absolute atomic E-state index is 0.0169. The molecule has 1 nitrogen and oxygen atoms in total. The second-order valence-corrected chi connectivity index (χ2v) is 9.29. The number of aryl methyl sites for hydroxylation is 2. The standard InChI is InChI=1S/C29H25N.C2H6/c1-18-14-19(2)16-21(15-18)20-12-13-26-23(17-20)22-8-7-10-25-28(22)30(26)27-11-6-5-9-24(27)29(25,3)4;1-2/h5-17H,1-4H3;1-2H3. The van der Waals surface area contributed by atoms with Crippen molar-refractivity contribution in [3.8, 4) is 16.8 Å². The van der Waals surface area contributed by atoms with E-state index in [0.29, 0.717) is 0 Å². The van der Waals surface area contributed by atoms with Crippen LogP contribution in [0.2, 0.25) is 0 Å². The molecule has 0 bridgehead atoms. The van der Waals surface area contributed by atoms with Crippen molar-refractivity contribution in [2.45, 2.75) is 47.0 Å². The zero-order valence-corrected chi connectivity index (χ0v) is 20.0. The normalized spacial score (nSPS) is 13.6. The van der Waals surface area contributed by atoms with Crippen LogP contribution in [0, 0.1) is 13.8 Å². The number of nitrogens with zero attached hydrogens (tertiary/aromatic N) is 1. The number of hydrogen-bond donors (Lipinski definition) is 0.